The Labute approximate surface area is 195 Å². The summed E-state index contributed by atoms with van der Waals surface area (Å²) in [6, 6.07) is 13.9. The van der Waals surface area contributed by atoms with Crippen LogP contribution < -0.4 is 10.6 Å². The number of hydrogen-bond acceptors (Lipinski definition) is 5. The van der Waals surface area contributed by atoms with E-state index >= 15 is 0 Å². The summed E-state index contributed by atoms with van der Waals surface area (Å²) in [6.45, 7) is 2.19. The summed E-state index contributed by atoms with van der Waals surface area (Å²) in [5, 5.41) is 6.50. The van der Waals surface area contributed by atoms with Gasteiger partial charge < -0.3 is 15.5 Å². The number of halogens is 1. The fourth-order valence-corrected chi connectivity index (χ4v) is 4.90. The summed E-state index contributed by atoms with van der Waals surface area (Å²) >= 11 is 7.33. The summed E-state index contributed by atoms with van der Waals surface area (Å²) in [7, 11) is 0. The molecule has 1 saturated heterocycles. The summed E-state index contributed by atoms with van der Waals surface area (Å²) in [6.07, 6.45) is 2.27. The number of thioether (sulfide) groups is 1. The lowest BCUT2D eigenvalue weighted by molar-refractivity contribution is -0.121. The molecule has 4 rings (SSSR count). The van der Waals surface area contributed by atoms with Crippen LogP contribution >= 0.6 is 23.4 Å². The monoisotopic (exact) mass is 470 g/mol. The number of hydrogen-bond donors (Lipinski definition) is 2. The van der Waals surface area contributed by atoms with Crippen LogP contribution in [0.15, 0.2) is 53.5 Å². The van der Waals surface area contributed by atoms with Gasteiger partial charge in [0.2, 0.25) is 5.91 Å². The van der Waals surface area contributed by atoms with Gasteiger partial charge in [0.15, 0.2) is 5.17 Å². The molecule has 0 aromatic heterocycles. The maximum absolute atomic E-state index is 12.4. The average Bonchev–Trinajstić information content (AvgIpc) is 3.43. The molecule has 2 aromatic carbocycles. The molecule has 2 heterocycles. The van der Waals surface area contributed by atoms with Crippen LogP contribution in [0, 0.1) is 0 Å². The first-order valence-corrected chi connectivity index (χ1v) is 11.7. The lowest BCUT2D eigenvalue weighted by atomic mass is 10.1. The van der Waals surface area contributed by atoms with Gasteiger partial charge in [0.05, 0.1) is 0 Å². The van der Waals surface area contributed by atoms with E-state index in [1.54, 1.807) is 36.4 Å². The first kappa shape index (κ1) is 22.4. The second-order valence-corrected chi connectivity index (χ2v) is 9.28. The van der Waals surface area contributed by atoms with Crippen LogP contribution in [0.5, 0.6) is 0 Å². The zero-order valence-corrected chi connectivity index (χ0v) is 18.9. The van der Waals surface area contributed by atoms with Gasteiger partial charge >= 0.3 is 0 Å². The van der Waals surface area contributed by atoms with E-state index < -0.39 is 5.25 Å². The predicted molar refractivity (Wildman–Crippen MR) is 127 cm³/mol. The molecule has 0 bridgehead atoms. The van der Waals surface area contributed by atoms with Crippen molar-refractivity contribution in [2.24, 2.45) is 4.99 Å². The molecule has 0 saturated carbocycles. The summed E-state index contributed by atoms with van der Waals surface area (Å²) in [5.41, 5.74) is 1.96. The quantitative estimate of drug-likeness (QED) is 0.671. The topological polar surface area (TPSA) is 90.9 Å². The Bertz CT molecular complexity index is 1050. The number of nitrogens with one attached hydrogen (secondary N) is 2. The minimum Gasteiger partial charge on any atom is -0.351 e. The molecule has 2 N–H and O–H groups in total. The molecule has 0 radical (unpaired) electrons. The van der Waals surface area contributed by atoms with Crippen molar-refractivity contribution in [1.82, 2.24) is 10.2 Å². The maximum Gasteiger partial charge on any atom is 0.262 e. The molecule has 1 fully saturated rings. The molecule has 2 aliphatic heterocycles. The number of carbonyl (C=O) groups excluding carboxylic acids is 3. The molecule has 7 nitrogen and oxygen atoms in total. The van der Waals surface area contributed by atoms with Gasteiger partial charge in [-0.25, -0.2) is 0 Å². The summed E-state index contributed by atoms with van der Waals surface area (Å²) in [4.78, 5) is 43.2. The Balaban J connectivity index is 1.25. The Morgan fingerprint density at radius 2 is 1.88 bits per heavy atom. The van der Waals surface area contributed by atoms with E-state index in [0.29, 0.717) is 22.8 Å². The number of amidine groups is 1. The second kappa shape index (κ2) is 10.2. The minimum atomic E-state index is -0.484. The van der Waals surface area contributed by atoms with Gasteiger partial charge in [0, 0.05) is 42.3 Å². The van der Waals surface area contributed by atoms with E-state index in [1.807, 2.05) is 12.1 Å². The number of aliphatic imine (C=N–C) groups is 1. The second-order valence-electron chi connectivity index (χ2n) is 7.68. The molecule has 2 aliphatic rings. The van der Waals surface area contributed by atoms with Gasteiger partial charge in [0.25, 0.3) is 11.8 Å². The van der Waals surface area contributed by atoms with E-state index in [0.717, 1.165) is 36.7 Å². The Hall–Kier alpha value is -2.84. The maximum atomic E-state index is 12.4. The highest BCUT2D eigenvalue weighted by atomic mass is 35.5. The van der Waals surface area contributed by atoms with Crippen LogP contribution in [-0.4, -0.2) is 46.1 Å². The van der Waals surface area contributed by atoms with Gasteiger partial charge in [-0.15, -0.1) is 0 Å². The number of benzene rings is 2. The van der Waals surface area contributed by atoms with Gasteiger partial charge in [0.1, 0.15) is 5.25 Å². The lowest BCUT2D eigenvalue weighted by Gasteiger charge is -2.16. The van der Waals surface area contributed by atoms with Crippen molar-refractivity contribution in [3.63, 3.8) is 0 Å². The summed E-state index contributed by atoms with van der Waals surface area (Å²) in [5.74, 6) is -0.729. The first-order valence-electron chi connectivity index (χ1n) is 10.4. The molecule has 2 aromatic rings. The van der Waals surface area contributed by atoms with Crippen molar-refractivity contribution >= 4 is 51.9 Å². The lowest BCUT2D eigenvalue weighted by Crippen LogP contribution is -2.25. The Kier molecular flexibility index (Phi) is 7.12. The van der Waals surface area contributed by atoms with Crippen LogP contribution in [0.2, 0.25) is 5.02 Å². The largest absolute Gasteiger partial charge is 0.351 e. The standard InChI is InChI=1S/C23H23ClN4O3S/c24-17-5-3-4-15(12-17)14-25-21(30)16-6-8-18(9-7-16)26-20(29)13-19-22(31)27-23(32-19)28-10-1-2-11-28/h3-9,12,19H,1-2,10-11,13-14H2,(H,25,30)(H,26,29). The van der Waals surface area contributed by atoms with E-state index in [-0.39, 0.29) is 24.1 Å². The molecule has 3 amide bonds. The van der Waals surface area contributed by atoms with E-state index in [1.165, 1.54) is 11.8 Å². The number of rotatable bonds is 6. The molecule has 0 aliphatic carbocycles. The van der Waals surface area contributed by atoms with Crippen molar-refractivity contribution in [2.45, 2.75) is 31.1 Å². The summed E-state index contributed by atoms with van der Waals surface area (Å²) < 4.78 is 0. The van der Waals surface area contributed by atoms with Gasteiger partial charge in [-0.1, -0.05) is 35.5 Å². The third-order valence-electron chi connectivity index (χ3n) is 5.25. The van der Waals surface area contributed by atoms with Crippen LogP contribution in [0.1, 0.15) is 35.2 Å². The molecule has 9 heteroatoms. The van der Waals surface area contributed by atoms with Crippen molar-refractivity contribution in [3.8, 4) is 0 Å². The van der Waals surface area contributed by atoms with Gasteiger partial charge in [-0.3, -0.25) is 14.4 Å². The van der Waals surface area contributed by atoms with Crippen LogP contribution in [0.3, 0.4) is 0 Å². The van der Waals surface area contributed by atoms with E-state index in [9.17, 15) is 14.4 Å². The van der Waals surface area contributed by atoms with Crippen LogP contribution in [-0.2, 0) is 16.1 Å². The number of nitrogens with zero attached hydrogens (tertiary/aromatic N) is 2. The Morgan fingerprint density at radius 1 is 1.12 bits per heavy atom. The molecule has 0 spiro atoms. The zero-order chi connectivity index (χ0) is 22.5. The highest BCUT2D eigenvalue weighted by Gasteiger charge is 2.33. The predicted octanol–water partition coefficient (Wildman–Crippen LogP) is 3.69. The van der Waals surface area contributed by atoms with Gasteiger partial charge in [-0.05, 0) is 54.8 Å². The van der Waals surface area contributed by atoms with Crippen molar-refractivity contribution in [3.05, 3.63) is 64.7 Å². The molecular formula is C23H23ClN4O3S. The van der Waals surface area contributed by atoms with E-state index in [2.05, 4.69) is 20.5 Å². The highest BCUT2D eigenvalue weighted by molar-refractivity contribution is 8.15. The fourth-order valence-electron chi connectivity index (χ4n) is 3.57. The number of likely N-dealkylation sites (tertiary alicyclic amines) is 1. The zero-order valence-electron chi connectivity index (χ0n) is 17.3. The smallest absolute Gasteiger partial charge is 0.262 e. The van der Waals surface area contributed by atoms with Crippen LogP contribution in [0.25, 0.3) is 0 Å². The molecular weight excluding hydrogens is 448 g/mol. The third kappa shape index (κ3) is 5.69. The molecule has 1 unspecified atom stereocenters. The number of anilines is 1. The Morgan fingerprint density at radius 3 is 2.59 bits per heavy atom. The first-order chi connectivity index (χ1) is 15.5. The van der Waals surface area contributed by atoms with Crippen molar-refractivity contribution in [2.75, 3.05) is 18.4 Å². The normalized spacial score (nSPS) is 17.9. The number of carbonyl (C=O) groups is 3. The van der Waals surface area contributed by atoms with Crippen molar-refractivity contribution < 1.29 is 14.4 Å². The molecule has 32 heavy (non-hydrogen) atoms. The number of amides is 3. The SMILES string of the molecule is O=C(CC1SC(N2CCCC2)=NC1=O)Nc1ccc(C(=O)NCc2cccc(Cl)c2)cc1. The molecule has 166 valence electrons. The highest BCUT2D eigenvalue weighted by Crippen LogP contribution is 2.29. The molecule has 1 atom stereocenters. The van der Waals surface area contributed by atoms with Gasteiger partial charge in [-0.2, -0.15) is 4.99 Å². The van der Waals surface area contributed by atoms with Crippen LogP contribution in [0.4, 0.5) is 5.69 Å². The third-order valence-corrected chi connectivity index (χ3v) is 6.70. The van der Waals surface area contributed by atoms with E-state index in [4.69, 9.17) is 11.6 Å². The average molecular weight is 471 g/mol. The van der Waals surface area contributed by atoms with Crippen molar-refractivity contribution in [1.29, 1.82) is 0 Å². The fraction of sp³-hybridized carbons (Fsp3) is 0.304. The minimum absolute atomic E-state index is 0.0617.